The van der Waals surface area contributed by atoms with Gasteiger partial charge in [-0.25, -0.2) is 0 Å². The van der Waals surface area contributed by atoms with Gasteiger partial charge in [0.2, 0.25) is 5.91 Å². The first-order valence-electron chi connectivity index (χ1n) is 6.87. The van der Waals surface area contributed by atoms with Crippen molar-refractivity contribution in [1.29, 1.82) is 0 Å². The number of carbonyl (C=O) groups is 1. The van der Waals surface area contributed by atoms with Gasteiger partial charge in [0, 0.05) is 29.1 Å². The number of halogens is 2. The molecule has 1 amide bonds. The van der Waals surface area contributed by atoms with Crippen LogP contribution in [0.2, 0.25) is 10.0 Å². The standard InChI is InChI=1S/C15H19Cl2NO2/c1-10(19)11-3-2-6-18(9-11)15(20)8-12-7-13(16)4-5-14(12)17/h4-5,7,10-11,19H,2-3,6,8-9H2,1H3/t10-,11-/m1/s1. The van der Waals surface area contributed by atoms with Crippen LogP contribution in [0.1, 0.15) is 25.3 Å². The topological polar surface area (TPSA) is 40.5 Å². The summed E-state index contributed by atoms with van der Waals surface area (Å²) in [5, 5.41) is 10.8. The first-order chi connectivity index (χ1) is 9.47. The fourth-order valence-corrected chi connectivity index (χ4v) is 2.96. The molecular weight excluding hydrogens is 297 g/mol. The molecule has 0 bridgehead atoms. The van der Waals surface area contributed by atoms with Gasteiger partial charge < -0.3 is 10.0 Å². The van der Waals surface area contributed by atoms with Crippen LogP contribution in [-0.4, -0.2) is 35.1 Å². The number of piperidine rings is 1. The minimum absolute atomic E-state index is 0.0412. The number of hydrogen-bond donors (Lipinski definition) is 1. The predicted molar refractivity (Wildman–Crippen MR) is 81.2 cm³/mol. The van der Waals surface area contributed by atoms with Crippen LogP contribution in [-0.2, 0) is 11.2 Å². The Kier molecular flexibility index (Phi) is 5.30. The number of aliphatic hydroxyl groups is 1. The molecule has 1 heterocycles. The minimum atomic E-state index is -0.375. The first-order valence-corrected chi connectivity index (χ1v) is 7.62. The third-order valence-electron chi connectivity index (χ3n) is 3.84. The Morgan fingerprint density at radius 2 is 2.25 bits per heavy atom. The predicted octanol–water partition coefficient (Wildman–Crippen LogP) is 3.16. The zero-order valence-corrected chi connectivity index (χ0v) is 13.0. The van der Waals surface area contributed by atoms with Gasteiger partial charge in [0.1, 0.15) is 0 Å². The summed E-state index contributed by atoms with van der Waals surface area (Å²) in [7, 11) is 0. The first kappa shape index (κ1) is 15.6. The van der Waals surface area contributed by atoms with Gasteiger partial charge in [-0.15, -0.1) is 0 Å². The Balaban J connectivity index is 2.02. The zero-order valence-electron chi connectivity index (χ0n) is 11.5. The van der Waals surface area contributed by atoms with E-state index in [1.54, 1.807) is 25.1 Å². The summed E-state index contributed by atoms with van der Waals surface area (Å²) in [6.45, 7) is 3.15. The summed E-state index contributed by atoms with van der Waals surface area (Å²) in [5.41, 5.74) is 0.753. The van der Waals surface area contributed by atoms with E-state index >= 15 is 0 Å². The third-order valence-corrected chi connectivity index (χ3v) is 4.45. The van der Waals surface area contributed by atoms with Crippen LogP contribution in [0.25, 0.3) is 0 Å². The van der Waals surface area contributed by atoms with Crippen LogP contribution in [0.4, 0.5) is 0 Å². The van der Waals surface area contributed by atoms with E-state index in [9.17, 15) is 9.90 Å². The maximum atomic E-state index is 12.3. The molecule has 1 aromatic rings. The van der Waals surface area contributed by atoms with Gasteiger partial charge in [0.15, 0.2) is 0 Å². The number of carbonyl (C=O) groups excluding carboxylic acids is 1. The fourth-order valence-electron chi connectivity index (χ4n) is 2.58. The van der Waals surface area contributed by atoms with Crippen molar-refractivity contribution in [3.63, 3.8) is 0 Å². The van der Waals surface area contributed by atoms with Crippen LogP contribution < -0.4 is 0 Å². The van der Waals surface area contributed by atoms with Crippen molar-refractivity contribution in [1.82, 2.24) is 4.90 Å². The number of nitrogens with zero attached hydrogens (tertiary/aromatic N) is 1. The molecule has 2 atom stereocenters. The van der Waals surface area contributed by atoms with E-state index in [4.69, 9.17) is 23.2 Å². The summed E-state index contributed by atoms with van der Waals surface area (Å²) < 4.78 is 0. The molecule has 0 aromatic heterocycles. The number of amides is 1. The molecule has 1 N–H and O–H groups in total. The van der Waals surface area contributed by atoms with E-state index in [0.29, 0.717) is 16.6 Å². The van der Waals surface area contributed by atoms with Gasteiger partial charge in [0.25, 0.3) is 0 Å². The molecule has 0 radical (unpaired) electrons. The molecule has 0 spiro atoms. The van der Waals surface area contributed by atoms with Gasteiger partial charge in [-0.3, -0.25) is 4.79 Å². The second-order valence-corrected chi connectivity index (χ2v) is 6.24. The molecule has 5 heteroatoms. The van der Waals surface area contributed by atoms with Crippen molar-refractivity contribution in [2.24, 2.45) is 5.92 Å². The minimum Gasteiger partial charge on any atom is -0.393 e. The zero-order chi connectivity index (χ0) is 14.7. The highest BCUT2D eigenvalue weighted by Crippen LogP contribution is 2.24. The smallest absolute Gasteiger partial charge is 0.227 e. The lowest BCUT2D eigenvalue weighted by molar-refractivity contribution is -0.133. The third kappa shape index (κ3) is 3.87. The van der Waals surface area contributed by atoms with Crippen molar-refractivity contribution < 1.29 is 9.90 Å². The van der Waals surface area contributed by atoms with E-state index in [-0.39, 0.29) is 24.3 Å². The van der Waals surface area contributed by atoms with E-state index in [1.807, 2.05) is 4.90 Å². The van der Waals surface area contributed by atoms with Crippen molar-refractivity contribution >= 4 is 29.1 Å². The van der Waals surface area contributed by atoms with Gasteiger partial charge in [-0.05, 0) is 43.5 Å². The molecule has 3 nitrogen and oxygen atoms in total. The van der Waals surface area contributed by atoms with E-state index in [2.05, 4.69) is 0 Å². The van der Waals surface area contributed by atoms with Gasteiger partial charge >= 0.3 is 0 Å². The van der Waals surface area contributed by atoms with Crippen molar-refractivity contribution in [3.05, 3.63) is 33.8 Å². The molecule has 1 aromatic carbocycles. The average Bonchev–Trinajstić information content (AvgIpc) is 2.43. The van der Waals surface area contributed by atoms with Gasteiger partial charge in [-0.2, -0.15) is 0 Å². The van der Waals surface area contributed by atoms with Crippen molar-refractivity contribution in [3.8, 4) is 0 Å². The Morgan fingerprint density at radius 3 is 2.95 bits per heavy atom. The summed E-state index contributed by atoms with van der Waals surface area (Å²) in [4.78, 5) is 14.2. The average molecular weight is 316 g/mol. The Hall–Kier alpha value is -0.770. The lowest BCUT2D eigenvalue weighted by Crippen LogP contribution is -2.43. The second kappa shape index (κ2) is 6.79. The highest BCUT2D eigenvalue weighted by atomic mass is 35.5. The van der Waals surface area contributed by atoms with Crippen molar-refractivity contribution in [2.75, 3.05) is 13.1 Å². The highest BCUT2D eigenvalue weighted by Gasteiger charge is 2.26. The molecule has 1 aliphatic heterocycles. The Morgan fingerprint density at radius 1 is 1.50 bits per heavy atom. The van der Waals surface area contributed by atoms with E-state index in [0.717, 1.165) is 24.9 Å². The number of aliphatic hydroxyl groups excluding tert-OH is 1. The molecular formula is C15H19Cl2NO2. The highest BCUT2D eigenvalue weighted by molar-refractivity contribution is 6.33. The summed E-state index contributed by atoms with van der Waals surface area (Å²) >= 11 is 12.0. The molecule has 1 saturated heterocycles. The van der Waals surface area contributed by atoms with Crippen LogP contribution in [0.3, 0.4) is 0 Å². The number of likely N-dealkylation sites (tertiary alicyclic amines) is 1. The van der Waals surface area contributed by atoms with Crippen molar-refractivity contribution in [2.45, 2.75) is 32.3 Å². The number of rotatable bonds is 3. The number of benzene rings is 1. The Labute approximate surface area is 129 Å². The maximum absolute atomic E-state index is 12.3. The maximum Gasteiger partial charge on any atom is 0.227 e. The molecule has 2 rings (SSSR count). The van der Waals surface area contributed by atoms with Crippen LogP contribution in [0, 0.1) is 5.92 Å². The van der Waals surface area contributed by atoms with Gasteiger partial charge in [0.05, 0.1) is 12.5 Å². The number of hydrogen-bond acceptors (Lipinski definition) is 2. The van der Waals surface area contributed by atoms with E-state index < -0.39 is 0 Å². The summed E-state index contributed by atoms with van der Waals surface area (Å²) in [6.07, 6.45) is 1.79. The van der Waals surface area contributed by atoms with Crippen LogP contribution in [0.5, 0.6) is 0 Å². The monoisotopic (exact) mass is 315 g/mol. The summed E-state index contributed by atoms with van der Waals surface area (Å²) in [6, 6.07) is 5.15. The van der Waals surface area contributed by atoms with Crippen LogP contribution >= 0.6 is 23.2 Å². The molecule has 1 aliphatic rings. The normalized spacial score (nSPS) is 20.8. The quantitative estimate of drug-likeness (QED) is 0.930. The lowest BCUT2D eigenvalue weighted by Gasteiger charge is -2.34. The molecule has 1 fully saturated rings. The SMILES string of the molecule is C[C@@H](O)[C@@H]1CCCN(C(=O)Cc2cc(Cl)ccc2Cl)C1. The lowest BCUT2D eigenvalue weighted by atomic mass is 9.93. The summed E-state index contributed by atoms with van der Waals surface area (Å²) in [5.74, 6) is 0.210. The van der Waals surface area contributed by atoms with Gasteiger partial charge in [-0.1, -0.05) is 23.2 Å². The Bertz CT molecular complexity index is 491. The largest absolute Gasteiger partial charge is 0.393 e. The molecule has 110 valence electrons. The molecule has 20 heavy (non-hydrogen) atoms. The van der Waals surface area contributed by atoms with E-state index in [1.165, 1.54) is 0 Å². The van der Waals surface area contributed by atoms with Crippen LogP contribution in [0.15, 0.2) is 18.2 Å². The second-order valence-electron chi connectivity index (χ2n) is 5.40. The molecule has 0 unspecified atom stereocenters. The fraction of sp³-hybridized carbons (Fsp3) is 0.533. The molecule has 0 aliphatic carbocycles. The molecule has 0 saturated carbocycles.